The Bertz CT molecular complexity index is 1430. The fraction of sp³-hybridized carbons (Fsp3) is 0.467. The van der Waals surface area contributed by atoms with E-state index in [0.29, 0.717) is 28.7 Å². The molecule has 0 unspecified atom stereocenters. The van der Waals surface area contributed by atoms with E-state index in [1.165, 1.54) is 19.6 Å². The van der Waals surface area contributed by atoms with Crippen LogP contribution in [0.5, 0.6) is 11.5 Å². The highest BCUT2D eigenvalue weighted by Gasteiger charge is 2.31. The molecule has 1 aliphatic carbocycles. The average Bonchev–Trinajstić information content (AvgIpc) is 3.32. The second-order valence-corrected chi connectivity index (χ2v) is 10.5. The van der Waals surface area contributed by atoms with Gasteiger partial charge in [0.1, 0.15) is 23.2 Å². The number of benzene rings is 1. The summed E-state index contributed by atoms with van der Waals surface area (Å²) < 4.78 is 13.0. The van der Waals surface area contributed by atoms with Gasteiger partial charge in [0.25, 0.3) is 5.91 Å². The van der Waals surface area contributed by atoms with Crippen LogP contribution in [-0.2, 0) is 11.8 Å². The molecule has 204 valence electrons. The van der Waals surface area contributed by atoms with Gasteiger partial charge in [0.2, 0.25) is 5.91 Å². The maximum Gasteiger partial charge on any atom is 0.255 e. The molecule has 39 heavy (non-hydrogen) atoms. The number of carbonyl (C=O) groups excluding carboxylic acids is 2. The number of hydrogen-bond acceptors (Lipinski definition) is 6. The first-order chi connectivity index (χ1) is 18.9. The molecule has 9 heteroatoms. The normalized spacial score (nSPS) is 16.6. The number of ether oxygens (including phenoxy) is 2. The molecule has 2 aliphatic rings. The maximum absolute atomic E-state index is 13.1. The van der Waals surface area contributed by atoms with Crippen molar-refractivity contribution in [3.8, 4) is 17.6 Å². The van der Waals surface area contributed by atoms with Crippen LogP contribution < -0.4 is 14.8 Å². The van der Waals surface area contributed by atoms with Gasteiger partial charge in [-0.2, -0.15) is 5.26 Å². The average molecular weight is 530 g/mol. The number of amides is 2. The molecule has 9 nitrogen and oxygen atoms in total. The molecule has 3 heterocycles. The van der Waals surface area contributed by atoms with Crippen LogP contribution in [0, 0.1) is 17.2 Å². The number of pyridine rings is 1. The molecule has 1 aromatic carbocycles. The highest BCUT2D eigenvalue weighted by molar-refractivity contribution is 6.07. The van der Waals surface area contributed by atoms with Crippen LogP contribution in [0.2, 0.25) is 0 Å². The lowest BCUT2D eigenvalue weighted by atomic mass is 9.86. The molecule has 1 saturated carbocycles. The van der Waals surface area contributed by atoms with E-state index in [0.717, 1.165) is 68.2 Å². The Kier molecular flexibility index (Phi) is 7.73. The Labute approximate surface area is 228 Å². The molecule has 0 spiro atoms. The molecular formula is C30H35N5O4. The first-order valence-corrected chi connectivity index (χ1v) is 13.6. The summed E-state index contributed by atoms with van der Waals surface area (Å²) in [5.41, 5.74) is 2.97. The number of aryl methyl sites for hydroxylation is 1. The second-order valence-electron chi connectivity index (χ2n) is 10.5. The van der Waals surface area contributed by atoms with Gasteiger partial charge >= 0.3 is 0 Å². The van der Waals surface area contributed by atoms with Crippen LogP contribution in [0.4, 0.5) is 5.69 Å². The lowest BCUT2D eigenvalue weighted by molar-refractivity contribution is -0.137. The number of nitrogens with zero attached hydrogens (tertiary/aromatic N) is 4. The Morgan fingerprint density at radius 1 is 1.08 bits per heavy atom. The van der Waals surface area contributed by atoms with Gasteiger partial charge < -0.3 is 24.3 Å². The minimum absolute atomic E-state index is 0.193. The zero-order valence-electron chi connectivity index (χ0n) is 22.8. The minimum atomic E-state index is -0.374. The lowest BCUT2D eigenvalue weighted by Crippen LogP contribution is -2.41. The van der Waals surface area contributed by atoms with E-state index in [2.05, 4.69) is 27.5 Å². The quantitative estimate of drug-likeness (QED) is 0.481. The zero-order chi connectivity index (χ0) is 27.5. The lowest BCUT2D eigenvalue weighted by Gasteiger charge is -2.35. The first-order valence-electron chi connectivity index (χ1n) is 13.6. The number of carbonyl (C=O) groups is 2. The number of likely N-dealkylation sites (tertiary alicyclic amines) is 1. The molecule has 1 N–H and O–H groups in total. The summed E-state index contributed by atoms with van der Waals surface area (Å²) in [7, 11) is 5.03. The smallest absolute Gasteiger partial charge is 0.255 e. The number of nitrogens with one attached hydrogen (secondary N) is 1. The van der Waals surface area contributed by atoms with Crippen LogP contribution in [-0.4, -0.2) is 53.6 Å². The number of methoxy groups -OCH3 is 2. The number of fused-ring (bicyclic) bond motifs is 1. The SMILES string of the molecule is COc1ccc(C(=O)Nc2cnc3c(c(C4CCN(C(=O)C5CCCCC5)CC4)cn3C)c2OC)cc1C#N. The van der Waals surface area contributed by atoms with Gasteiger partial charge in [-0.05, 0) is 55.4 Å². The number of nitriles is 1. The monoisotopic (exact) mass is 529 g/mol. The predicted molar refractivity (Wildman–Crippen MR) is 148 cm³/mol. The zero-order valence-corrected chi connectivity index (χ0v) is 22.8. The van der Waals surface area contributed by atoms with E-state index in [1.54, 1.807) is 25.4 Å². The van der Waals surface area contributed by atoms with E-state index in [-0.39, 0.29) is 23.3 Å². The Morgan fingerprint density at radius 3 is 2.49 bits per heavy atom. The summed E-state index contributed by atoms with van der Waals surface area (Å²) in [4.78, 5) is 32.9. The van der Waals surface area contributed by atoms with E-state index in [9.17, 15) is 14.9 Å². The summed E-state index contributed by atoms with van der Waals surface area (Å²) in [6.45, 7) is 1.50. The molecule has 0 radical (unpaired) electrons. The summed E-state index contributed by atoms with van der Waals surface area (Å²) in [5.74, 6) is 1.37. The Balaban J connectivity index is 1.38. The summed E-state index contributed by atoms with van der Waals surface area (Å²) >= 11 is 0. The van der Waals surface area contributed by atoms with Gasteiger partial charge in [-0.15, -0.1) is 0 Å². The number of hydrogen-bond donors (Lipinski definition) is 1. The van der Waals surface area contributed by atoms with Crippen LogP contribution in [0.25, 0.3) is 11.0 Å². The van der Waals surface area contributed by atoms with Crippen molar-refractivity contribution in [2.45, 2.75) is 50.9 Å². The highest BCUT2D eigenvalue weighted by atomic mass is 16.5. The van der Waals surface area contributed by atoms with Gasteiger partial charge in [-0.1, -0.05) is 19.3 Å². The van der Waals surface area contributed by atoms with Crippen molar-refractivity contribution in [3.05, 3.63) is 47.3 Å². The number of rotatable bonds is 6. The van der Waals surface area contributed by atoms with Crippen molar-refractivity contribution < 1.29 is 19.1 Å². The number of anilines is 1. The van der Waals surface area contributed by atoms with Crippen LogP contribution in [0.1, 0.15) is 72.3 Å². The summed E-state index contributed by atoms with van der Waals surface area (Å²) in [6.07, 6.45) is 11.0. The first kappa shape index (κ1) is 26.5. The van der Waals surface area contributed by atoms with Gasteiger partial charge in [-0.25, -0.2) is 4.98 Å². The highest BCUT2D eigenvalue weighted by Crippen LogP contribution is 2.41. The third-order valence-corrected chi connectivity index (χ3v) is 8.20. The van der Waals surface area contributed by atoms with Crippen molar-refractivity contribution in [3.63, 3.8) is 0 Å². The number of aromatic nitrogens is 2. The minimum Gasteiger partial charge on any atom is -0.495 e. The molecule has 5 rings (SSSR count). The van der Waals surface area contributed by atoms with Crippen LogP contribution in [0.3, 0.4) is 0 Å². The van der Waals surface area contributed by atoms with Crippen molar-refractivity contribution in [2.24, 2.45) is 13.0 Å². The molecule has 1 aliphatic heterocycles. The van der Waals surface area contributed by atoms with Crippen LogP contribution in [0.15, 0.2) is 30.6 Å². The number of piperidine rings is 1. The second kappa shape index (κ2) is 11.4. The van der Waals surface area contributed by atoms with E-state index >= 15 is 0 Å². The Hall–Kier alpha value is -4.06. The standard InChI is InChI=1S/C30H35N5O4/c1-34-18-23(19-11-13-35(14-12-19)30(37)20-7-5-4-6-8-20)26-27(39-3)24(17-32-28(26)34)33-29(36)21-9-10-25(38-2)22(15-21)16-31/h9-10,15,17-20H,4-8,11-14H2,1-3H3,(H,33,36). The summed E-state index contributed by atoms with van der Waals surface area (Å²) in [5, 5.41) is 13.2. The van der Waals surface area contributed by atoms with E-state index in [4.69, 9.17) is 9.47 Å². The van der Waals surface area contributed by atoms with Gasteiger partial charge in [0.05, 0.1) is 31.4 Å². The third-order valence-electron chi connectivity index (χ3n) is 8.20. The molecule has 2 aromatic heterocycles. The molecule has 1 saturated heterocycles. The largest absolute Gasteiger partial charge is 0.495 e. The van der Waals surface area contributed by atoms with Gasteiger partial charge in [0, 0.05) is 37.8 Å². The fourth-order valence-corrected chi connectivity index (χ4v) is 6.11. The van der Waals surface area contributed by atoms with Gasteiger partial charge in [0.15, 0.2) is 5.75 Å². The van der Waals surface area contributed by atoms with E-state index < -0.39 is 0 Å². The van der Waals surface area contributed by atoms with Gasteiger partial charge in [-0.3, -0.25) is 9.59 Å². The van der Waals surface area contributed by atoms with Crippen molar-refractivity contribution in [1.29, 1.82) is 5.26 Å². The predicted octanol–water partition coefficient (Wildman–Crippen LogP) is 5.00. The van der Waals surface area contributed by atoms with Crippen molar-refractivity contribution in [2.75, 3.05) is 32.6 Å². The molecule has 3 aromatic rings. The molecule has 0 bridgehead atoms. The fourth-order valence-electron chi connectivity index (χ4n) is 6.11. The topological polar surface area (TPSA) is 109 Å². The third kappa shape index (κ3) is 5.16. The molecular weight excluding hydrogens is 494 g/mol. The Morgan fingerprint density at radius 2 is 1.82 bits per heavy atom. The molecule has 2 fully saturated rings. The summed E-state index contributed by atoms with van der Waals surface area (Å²) in [6, 6.07) is 6.78. The van der Waals surface area contributed by atoms with Crippen molar-refractivity contribution in [1.82, 2.24) is 14.5 Å². The van der Waals surface area contributed by atoms with Crippen LogP contribution >= 0.6 is 0 Å². The molecule has 2 amide bonds. The van der Waals surface area contributed by atoms with Crippen molar-refractivity contribution >= 4 is 28.5 Å². The molecule has 0 atom stereocenters. The van der Waals surface area contributed by atoms with E-state index in [1.807, 2.05) is 11.6 Å². The maximum atomic E-state index is 13.1.